The number of nitrogens with zero attached hydrogens (tertiary/aromatic N) is 2. The van der Waals surface area contributed by atoms with Gasteiger partial charge in [-0.2, -0.15) is 0 Å². The zero-order chi connectivity index (χ0) is 21.4. The summed E-state index contributed by atoms with van der Waals surface area (Å²) in [4.78, 5) is 17.1. The SMILES string of the molecule is COc1ccc(N2C(=O)c3ccccc3N(C)[C@@H]2c2cc(O)c(O)c(OC)c2)cc1. The van der Waals surface area contributed by atoms with Crippen molar-refractivity contribution in [2.45, 2.75) is 6.17 Å². The summed E-state index contributed by atoms with van der Waals surface area (Å²) in [6, 6.07) is 17.6. The summed E-state index contributed by atoms with van der Waals surface area (Å²) in [5, 5.41) is 20.3. The van der Waals surface area contributed by atoms with E-state index < -0.39 is 6.17 Å². The van der Waals surface area contributed by atoms with E-state index in [-0.39, 0.29) is 23.2 Å². The second-order valence-electron chi connectivity index (χ2n) is 6.97. The number of methoxy groups -OCH3 is 2. The zero-order valence-corrected chi connectivity index (χ0v) is 16.9. The Morgan fingerprint density at radius 2 is 1.63 bits per heavy atom. The van der Waals surface area contributed by atoms with Crippen LogP contribution in [0.4, 0.5) is 11.4 Å². The molecule has 7 nitrogen and oxygen atoms in total. The first-order valence-corrected chi connectivity index (χ1v) is 9.35. The Balaban J connectivity index is 1.92. The van der Waals surface area contributed by atoms with Crippen molar-refractivity contribution in [3.8, 4) is 23.0 Å². The van der Waals surface area contributed by atoms with Crippen LogP contribution in [0.5, 0.6) is 23.0 Å². The topological polar surface area (TPSA) is 82.5 Å². The monoisotopic (exact) mass is 406 g/mol. The molecule has 154 valence electrons. The van der Waals surface area contributed by atoms with E-state index in [4.69, 9.17) is 9.47 Å². The summed E-state index contributed by atoms with van der Waals surface area (Å²) in [6.07, 6.45) is -0.582. The van der Waals surface area contributed by atoms with Crippen LogP contribution >= 0.6 is 0 Å². The van der Waals surface area contributed by atoms with Crippen LogP contribution in [-0.2, 0) is 0 Å². The number of anilines is 2. The smallest absolute Gasteiger partial charge is 0.262 e. The van der Waals surface area contributed by atoms with E-state index in [2.05, 4.69) is 0 Å². The molecule has 30 heavy (non-hydrogen) atoms. The van der Waals surface area contributed by atoms with Crippen molar-refractivity contribution in [2.75, 3.05) is 31.1 Å². The Hall–Kier alpha value is -3.87. The molecule has 0 saturated heterocycles. The minimum Gasteiger partial charge on any atom is -0.504 e. The van der Waals surface area contributed by atoms with E-state index in [1.165, 1.54) is 13.2 Å². The summed E-state index contributed by atoms with van der Waals surface area (Å²) < 4.78 is 10.5. The minimum atomic E-state index is -0.582. The molecule has 1 atom stereocenters. The van der Waals surface area contributed by atoms with E-state index in [0.29, 0.717) is 22.6 Å². The van der Waals surface area contributed by atoms with Gasteiger partial charge >= 0.3 is 0 Å². The highest BCUT2D eigenvalue weighted by molar-refractivity contribution is 6.12. The van der Waals surface area contributed by atoms with Crippen LogP contribution in [0.3, 0.4) is 0 Å². The Morgan fingerprint density at radius 1 is 0.933 bits per heavy atom. The summed E-state index contributed by atoms with van der Waals surface area (Å²) in [7, 11) is 4.87. The molecule has 2 N–H and O–H groups in total. The molecule has 1 aliphatic heterocycles. The van der Waals surface area contributed by atoms with Crippen LogP contribution in [0.15, 0.2) is 60.7 Å². The van der Waals surface area contributed by atoms with Gasteiger partial charge in [0.25, 0.3) is 5.91 Å². The maximum atomic E-state index is 13.5. The number of hydrogen-bond donors (Lipinski definition) is 2. The molecule has 0 saturated carbocycles. The second-order valence-corrected chi connectivity index (χ2v) is 6.97. The van der Waals surface area contributed by atoms with Gasteiger partial charge in [0.2, 0.25) is 5.75 Å². The number of phenols is 2. The minimum absolute atomic E-state index is 0.124. The number of benzene rings is 3. The van der Waals surface area contributed by atoms with Gasteiger partial charge < -0.3 is 24.6 Å². The van der Waals surface area contributed by atoms with E-state index >= 15 is 0 Å². The zero-order valence-electron chi connectivity index (χ0n) is 16.9. The lowest BCUT2D eigenvalue weighted by Gasteiger charge is -2.44. The van der Waals surface area contributed by atoms with Crippen LogP contribution in [0.25, 0.3) is 0 Å². The van der Waals surface area contributed by atoms with Crippen molar-refractivity contribution >= 4 is 17.3 Å². The van der Waals surface area contributed by atoms with Gasteiger partial charge in [0.15, 0.2) is 11.5 Å². The quantitative estimate of drug-likeness (QED) is 0.640. The lowest BCUT2D eigenvalue weighted by atomic mass is 10.00. The van der Waals surface area contributed by atoms with Gasteiger partial charge in [-0.3, -0.25) is 9.69 Å². The normalized spacial score (nSPS) is 15.7. The van der Waals surface area contributed by atoms with Gasteiger partial charge in [0.05, 0.1) is 25.5 Å². The summed E-state index contributed by atoms with van der Waals surface area (Å²) in [5.74, 6) is -0.0385. The molecule has 0 aromatic heterocycles. The molecular formula is C23H22N2O5. The lowest BCUT2D eigenvalue weighted by Crippen LogP contribution is -2.48. The van der Waals surface area contributed by atoms with Crippen molar-refractivity contribution in [2.24, 2.45) is 0 Å². The molecule has 1 amide bonds. The van der Waals surface area contributed by atoms with Crippen LogP contribution in [0.2, 0.25) is 0 Å². The molecule has 0 aliphatic carbocycles. The van der Waals surface area contributed by atoms with Gasteiger partial charge in [-0.25, -0.2) is 0 Å². The predicted molar refractivity (Wildman–Crippen MR) is 114 cm³/mol. The summed E-state index contributed by atoms with van der Waals surface area (Å²) in [5.41, 5.74) is 2.59. The fraction of sp³-hybridized carbons (Fsp3) is 0.174. The number of aromatic hydroxyl groups is 2. The van der Waals surface area contributed by atoms with E-state index in [0.717, 1.165) is 5.69 Å². The number of amides is 1. The number of para-hydroxylation sites is 1. The van der Waals surface area contributed by atoms with Crippen LogP contribution in [-0.4, -0.2) is 37.4 Å². The standard InChI is InChI=1S/C23H22N2O5/c1-24-18-7-5-4-6-17(18)23(28)25(15-8-10-16(29-2)11-9-15)22(24)14-12-19(26)21(27)20(13-14)30-3/h4-13,22,26-27H,1-3H3/t22-/m0/s1. The Morgan fingerprint density at radius 3 is 2.30 bits per heavy atom. The number of ether oxygens (including phenoxy) is 2. The van der Waals surface area contributed by atoms with Crippen LogP contribution in [0.1, 0.15) is 22.1 Å². The molecule has 0 bridgehead atoms. The molecule has 1 heterocycles. The molecule has 0 radical (unpaired) electrons. The molecule has 0 unspecified atom stereocenters. The fourth-order valence-corrected chi connectivity index (χ4v) is 3.80. The average Bonchev–Trinajstić information content (AvgIpc) is 2.78. The first kappa shape index (κ1) is 19.4. The van der Waals surface area contributed by atoms with E-state index in [1.54, 1.807) is 36.3 Å². The Labute approximate surface area is 174 Å². The number of rotatable bonds is 4. The van der Waals surface area contributed by atoms with Crippen molar-refractivity contribution in [1.29, 1.82) is 0 Å². The highest BCUT2D eigenvalue weighted by atomic mass is 16.5. The third-order valence-corrected chi connectivity index (χ3v) is 5.29. The Kier molecular flexibility index (Phi) is 4.87. The number of phenolic OH excluding ortho intramolecular Hbond substituents is 2. The fourth-order valence-electron chi connectivity index (χ4n) is 3.80. The van der Waals surface area contributed by atoms with Gasteiger partial charge in [-0.05, 0) is 48.5 Å². The molecule has 3 aromatic rings. The maximum Gasteiger partial charge on any atom is 0.262 e. The van der Waals surface area contributed by atoms with Crippen molar-refractivity contribution in [1.82, 2.24) is 0 Å². The van der Waals surface area contributed by atoms with Crippen molar-refractivity contribution in [3.05, 3.63) is 71.8 Å². The molecule has 0 fully saturated rings. The van der Waals surface area contributed by atoms with Crippen LogP contribution < -0.4 is 19.3 Å². The third kappa shape index (κ3) is 3.04. The number of carbonyl (C=O) groups is 1. The Bertz CT molecular complexity index is 1100. The maximum absolute atomic E-state index is 13.5. The molecule has 1 aliphatic rings. The summed E-state index contributed by atoms with van der Waals surface area (Å²) in [6.45, 7) is 0. The first-order chi connectivity index (χ1) is 14.5. The molecular weight excluding hydrogens is 384 g/mol. The molecule has 7 heteroatoms. The third-order valence-electron chi connectivity index (χ3n) is 5.29. The molecule has 0 spiro atoms. The van der Waals surface area contributed by atoms with Gasteiger partial charge in [0, 0.05) is 18.3 Å². The van der Waals surface area contributed by atoms with Crippen molar-refractivity contribution < 1.29 is 24.5 Å². The predicted octanol–water partition coefficient (Wildman–Crippen LogP) is 3.91. The number of carbonyl (C=O) groups excluding carboxylic acids is 1. The largest absolute Gasteiger partial charge is 0.504 e. The van der Waals surface area contributed by atoms with Gasteiger partial charge in [0.1, 0.15) is 11.9 Å². The lowest BCUT2D eigenvalue weighted by molar-refractivity contribution is 0.0969. The summed E-state index contributed by atoms with van der Waals surface area (Å²) >= 11 is 0. The number of hydrogen-bond acceptors (Lipinski definition) is 6. The first-order valence-electron chi connectivity index (χ1n) is 9.35. The van der Waals surface area contributed by atoms with Crippen LogP contribution in [0, 0.1) is 0 Å². The average molecular weight is 406 g/mol. The van der Waals surface area contributed by atoms with E-state index in [9.17, 15) is 15.0 Å². The van der Waals surface area contributed by atoms with Gasteiger partial charge in [-0.1, -0.05) is 12.1 Å². The van der Waals surface area contributed by atoms with E-state index in [1.807, 2.05) is 42.3 Å². The second kappa shape index (κ2) is 7.51. The molecule has 3 aromatic carbocycles. The van der Waals surface area contributed by atoms with Gasteiger partial charge in [-0.15, -0.1) is 0 Å². The highest BCUT2D eigenvalue weighted by Crippen LogP contribution is 2.45. The number of fused-ring (bicyclic) bond motifs is 1. The highest BCUT2D eigenvalue weighted by Gasteiger charge is 2.38. The van der Waals surface area contributed by atoms with Crippen molar-refractivity contribution in [3.63, 3.8) is 0 Å². The molecule has 4 rings (SSSR count).